The highest BCUT2D eigenvalue weighted by atomic mass is 16.5. The number of aryl methyl sites for hydroxylation is 1. The highest BCUT2D eigenvalue weighted by molar-refractivity contribution is 6.08. The summed E-state index contributed by atoms with van der Waals surface area (Å²) < 4.78 is 24.5. The van der Waals surface area contributed by atoms with Crippen LogP contribution in [0, 0.1) is 0 Å². The smallest absolute Gasteiger partial charge is 0.216 e. The van der Waals surface area contributed by atoms with Gasteiger partial charge in [0.25, 0.3) is 0 Å². The molecule has 0 saturated heterocycles. The van der Waals surface area contributed by atoms with Gasteiger partial charge in [-0.15, -0.1) is 0 Å². The van der Waals surface area contributed by atoms with E-state index < -0.39 is 0 Å². The molecule has 1 fully saturated rings. The molecule has 4 heterocycles. The summed E-state index contributed by atoms with van der Waals surface area (Å²) in [6.07, 6.45) is 15.7. The summed E-state index contributed by atoms with van der Waals surface area (Å²) in [4.78, 5) is 12.9. The van der Waals surface area contributed by atoms with Gasteiger partial charge in [-0.1, -0.05) is 48.9 Å². The first-order valence-corrected chi connectivity index (χ1v) is 16.9. The normalized spacial score (nSPS) is 12.7. The molecule has 4 aromatic heterocycles. The van der Waals surface area contributed by atoms with Crippen LogP contribution in [0.3, 0.4) is 0 Å². The molecule has 8 nitrogen and oxygen atoms in total. The van der Waals surface area contributed by atoms with Gasteiger partial charge in [0.1, 0.15) is 11.9 Å². The van der Waals surface area contributed by atoms with E-state index in [1.165, 1.54) is 33.8 Å². The van der Waals surface area contributed by atoms with Crippen LogP contribution >= 0.6 is 0 Å². The van der Waals surface area contributed by atoms with E-state index in [-0.39, 0.29) is 0 Å². The number of rotatable bonds is 14. The first-order chi connectivity index (χ1) is 23.7. The second-order valence-electron chi connectivity index (χ2n) is 12.1. The van der Waals surface area contributed by atoms with Gasteiger partial charge in [-0.2, -0.15) is 0 Å². The number of aromatic nitrogens is 4. The van der Waals surface area contributed by atoms with E-state index in [4.69, 9.17) is 18.9 Å². The highest BCUT2D eigenvalue weighted by Crippen LogP contribution is 2.32. The number of pyridine rings is 3. The SMILES string of the molecule is COc1ccnc(OCCCCCCOCc2ccccc2)c1.Cn1c2ccncc2c2ccc(-c3ccc(OC4CCC4)nc3)cc21. The fraction of sp³-hybridized carbons (Fsp3) is 0.325. The Morgan fingerprint density at radius 3 is 2.33 bits per heavy atom. The van der Waals surface area contributed by atoms with E-state index in [0.29, 0.717) is 25.2 Å². The Morgan fingerprint density at radius 1 is 0.729 bits per heavy atom. The van der Waals surface area contributed by atoms with Crippen molar-refractivity contribution in [3.05, 3.63) is 109 Å². The fourth-order valence-electron chi connectivity index (χ4n) is 5.71. The lowest BCUT2D eigenvalue weighted by Gasteiger charge is -2.25. The van der Waals surface area contributed by atoms with Crippen molar-refractivity contribution in [2.24, 2.45) is 7.05 Å². The van der Waals surface area contributed by atoms with Gasteiger partial charge in [-0.3, -0.25) is 4.98 Å². The van der Waals surface area contributed by atoms with Gasteiger partial charge in [0.2, 0.25) is 11.8 Å². The molecule has 6 aromatic rings. The molecule has 0 atom stereocenters. The van der Waals surface area contributed by atoms with Crippen LogP contribution < -0.4 is 14.2 Å². The average Bonchev–Trinajstić information content (AvgIpc) is 3.41. The molecule has 1 aliphatic rings. The minimum Gasteiger partial charge on any atom is -0.497 e. The highest BCUT2D eigenvalue weighted by Gasteiger charge is 2.19. The molecule has 0 spiro atoms. The molecule has 1 saturated carbocycles. The Bertz CT molecular complexity index is 1870. The van der Waals surface area contributed by atoms with Crippen LogP contribution in [0.15, 0.2) is 104 Å². The number of hydrogen-bond donors (Lipinski definition) is 0. The zero-order valence-corrected chi connectivity index (χ0v) is 27.9. The Labute approximate surface area is 282 Å². The molecule has 0 amide bonds. The van der Waals surface area contributed by atoms with Crippen molar-refractivity contribution in [1.82, 2.24) is 19.5 Å². The second-order valence-corrected chi connectivity index (χ2v) is 12.1. The van der Waals surface area contributed by atoms with Crippen LogP contribution in [0.1, 0.15) is 50.5 Å². The number of hydrogen-bond acceptors (Lipinski definition) is 7. The largest absolute Gasteiger partial charge is 0.497 e. The van der Waals surface area contributed by atoms with Crippen LogP contribution in [0.25, 0.3) is 32.9 Å². The first kappa shape index (κ1) is 33.0. The zero-order chi connectivity index (χ0) is 33.0. The third kappa shape index (κ3) is 8.69. The summed E-state index contributed by atoms with van der Waals surface area (Å²) in [5.41, 5.74) is 5.90. The zero-order valence-electron chi connectivity index (χ0n) is 27.9. The van der Waals surface area contributed by atoms with Gasteiger partial charge in [0, 0.05) is 72.4 Å². The topological polar surface area (TPSA) is 80.5 Å². The quantitative estimate of drug-likeness (QED) is 0.110. The van der Waals surface area contributed by atoms with Crippen molar-refractivity contribution in [2.45, 2.75) is 57.7 Å². The number of benzene rings is 2. The minimum absolute atomic E-state index is 0.360. The predicted octanol–water partition coefficient (Wildman–Crippen LogP) is 8.97. The fourth-order valence-corrected chi connectivity index (χ4v) is 5.71. The molecular formula is C40H44N4O4. The van der Waals surface area contributed by atoms with Gasteiger partial charge in [-0.05, 0) is 73.9 Å². The van der Waals surface area contributed by atoms with Crippen LogP contribution in [-0.2, 0) is 18.4 Å². The summed E-state index contributed by atoms with van der Waals surface area (Å²) in [5, 5.41) is 2.42. The summed E-state index contributed by atoms with van der Waals surface area (Å²) in [6, 6.07) is 26.6. The molecule has 248 valence electrons. The number of methoxy groups -OCH3 is 1. The van der Waals surface area contributed by atoms with E-state index in [1.807, 2.05) is 48.9 Å². The van der Waals surface area contributed by atoms with E-state index in [2.05, 4.69) is 69.0 Å². The molecule has 7 rings (SSSR count). The maximum atomic E-state index is 5.85. The van der Waals surface area contributed by atoms with Gasteiger partial charge < -0.3 is 23.5 Å². The molecule has 0 unspecified atom stereocenters. The van der Waals surface area contributed by atoms with Crippen molar-refractivity contribution in [3.63, 3.8) is 0 Å². The van der Waals surface area contributed by atoms with Crippen molar-refractivity contribution in [2.75, 3.05) is 20.3 Å². The number of nitrogens with zero attached hydrogens (tertiary/aromatic N) is 4. The van der Waals surface area contributed by atoms with E-state index in [9.17, 15) is 0 Å². The van der Waals surface area contributed by atoms with Crippen LogP contribution in [0.2, 0.25) is 0 Å². The minimum atomic E-state index is 0.360. The van der Waals surface area contributed by atoms with Crippen molar-refractivity contribution >= 4 is 21.8 Å². The number of unbranched alkanes of at least 4 members (excludes halogenated alkanes) is 3. The monoisotopic (exact) mass is 644 g/mol. The van der Waals surface area contributed by atoms with Gasteiger partial charge in [0.15, 0.2) is 0 Å². The number of ether oxygens (including phenoxy) is 4. The molecule has 0 aliphatic heterocycles. The number of fused-ring (bicyclic) bond motifs is 3. The Kier molecular flexibility index (Phi) is 11.5. The summed E-state index contributed by atoms with van der Waals surface area (Å²) in [6.45, 7) is 2.20. The van der Waals surface area contributed by atoms with Gasteiger partial charge >= 0.3 is 0 Å². The van der Waals surface area contributed by atoms with Crippen molar-refractivity contribution in [3.8, 4) is 28.6 Å². The first-order valence-electron chi connectivity index (χ1n) is 16.9. The third-order valence-corrected chi connectivity index (χ3v) is 8.70. The lowest BCUT2D eigenvalue weighted by atomic mass is 9.96. The third-order valence-electron chi connectivity index (χ3n) is 8.70. The van der Waals surface area contributed by atoms with E-state index >= 15 is 0 Å². The molecule has 0 radical (unpaired) electrons. The predicted molar refractivity (Wildman–Crippen MR) is 191 cm³/mol. The Hall–Kier alpha value is -4.95. The van der Waals surface area contributed by atoms with Gasteiger partial charge in [0.05, 0.1) is 25.8 Å². The van der Waals surface area contributed by atoms with E-state index in [1.54, 1.807) is 19.4 Å². The molecule has 8 heteroatoms. The average molecular weight is 645 g/mol. The van der Waals surface area contributed by atoms with Crippen LogP contribution in [-0.4, -0.2) is 45.9 Å². The molecule has 0 N–H and O–H groups in total. The molecular weight excluding hydrogens is 600 g/mol. The molecule has 0 bridgehead atoms. The molecule has 1 aliphatic carbocycles. The molecule has 48 heavy (non-hydrogen) atoms. The van der Waals surface area contributed by atoms with E-state index in [0.717, 1.165) is 67.9 Å². The van der Waals surface area contributed by atoms with Crippen LogP contribution in [0.4, 0.5) is 0 Å². The Morgan fingerprint density at radius 2 is 1.56 bits per heavy atom. The van der Waals surface area contributed by atoms with Crippen LogP contribution in [0.5, 0.6) is 17.5 Å². The summed E-state index contributed by atoms with van der Waals surface area (Å²) in [5.74, 6) is 2.12. The summed E-state index contributed by atoms with van der Waals surface area (Å²) >= 11 is 0. The van der Waals surface area contributed by atoms with Crippen molar-refractivity contribution < 1.29 is 18.9 Å². The maximum absolute atomic E-state index is 5.85. The Balaban J connectivity index is 0.000000168. The van der Waals surface area contributed by atoms with Gasteiger partial charge in [-0.25, -0.2) is 9.97 Å². The lowest BCUT2D eigenvalue weighted by Crippen LogP contribution is -2.24. The maximum Gasteiger partial charge on any atom is 0.216 e. The summed E-state index contributed by atoms with van der Waals surface area (Å²) in [7, 11) is 3.74. The second kappa shape index (κ2) is 16.7. The molecule has 2 aromatic carbocycles. The lowest BCUT2D eigenvalue weighted by molar-refractivity contribution is 0.114. The standard InChI is InChI=1S/C21H19N3O.C19H25NO3/c1-24-19-9-10-22-13-18(19)17-7-5-14(11-20(17)24)15-6-8-21(23-12-15)25-16-3-2-4-16;1-21-18-11-12-20-19(15-18)23-14-8-3-2-7-13-22-16-17-9-5-4-6-10-17/h5-13,16H,2-4H2,1H3;4-6,9-12,15H,2-3,7-8,13-14,16H2,1H3. The van der Waals surface area contributed by atoms with Crippen molar-refractivity contribution in [1.29, 1.82) is 0 Å².